The first-order chi connectivity index (χ1) is 9.22. The summed E-state index contributed by atoms with van der Waals surface area (Å²) >= 11 is 0. The van der Waals surface area contributed by atoms with Crippen molar-refractivity contribution in [2.24, 2.45) is 0 Å². The molecule has 0 spiro atoms. The molecular formula is C11H18F3N3O2S. The fraction of sp³-hybridized carbons (Fsp3) is 0.909. The Morgan fingerprint density at radius 2 is 1.90 bits per heavy atom. The Hall–Kier alpha value is -0.850. The van der Waals surface area contributed by atoms with Crippen LogP contribution < -0.4 is 4.72 Å². The first kappa shape index (κ1) is 17.2. The van der Waals surface area contributed by atoms with Gasteiger partial charge in [-0.15, -0.1) is 0 Å². The van der Waals surface area contributed by atoms with Crippen molar-refractivity contribution in [1.82, 2.24) is 9.62 Å². The molecule has 0 unspecified atom stereocenters. The van der Waals surface area contributed by atoms with E-state index in [1.54, 1.807) is 0 Å². The van der Waals surface area contributed by atoms with Gasteiger partial charge < -0.3 is 0 Å². The molecule has 5 nitrogen and oxygen atoms in total. The van der Waals surface area contributed by atoms with Gasteiger partial charge in [0.2, 0.25) is 10.0 Å². The van der Waals surface area contributed by atoms with Crippen molar-refractivity contribution in [3.8, 4) is 6.07 Å². The highest BCUT2D eigenvalue weighted by atomic mass is 32.2. The van der Waals surface area contributed by atoms with Crippen LogP contribution in [0.2, 0.25) is 0 Å². The molecule has 1 rings (SSSR count). The van der Waals surface area contributed by atoms with Gasteiger partial charge in [-0.25, -0.2) is 13.1 Å². The van der Waals surface area contributed by atoms with Crippen LogP contribution in [0.4, 0.5) is 13.2 Å². The summed E-state index contributed by atoms with van der Waals surface area (Å²) in [7, 11) is -3.67. The summed E-state index contributed by atoms with van der Waals surface area (Å²) in [5, 5.41) is 8.54. The number of nitrogens with zero attached hydrogens (tertiary/aromatic N) is 2. The smallest absolute Gasteiger partial charge is 0.290 e. The minimum Gasteiger partial charge on any atom is -0.290 e. The maximum Gasteiger partial charge on any atom is 0.389 e. The molecule has 9 heteroatoms. The van der Waals surface area contributed by atoms with Crippen molar-refractivity contribution in [2.75, 3.05) is 25.4 Å². The van der Waals surface area contributed by atoms with Crippen LogP contribution in [-0.4, -0.2) is 50.9 Å². The summed E-state index contributed by atoms with van der Waals surface area (Å²) in [5.41, 5.74) is 0. The second kappa shape index (κ2) is 7.24. The molecule has 0 bridgehead atoms. The van der Waals surface area contributed by atoms with Gasteiger partial charge in [-0.3, -0.25) is 4.90 Å². The standard InChI is InChI=1S/C11H18F3N3O2S/c12-11(13,14)4-1-9-20(18,19)16-10-2-6-17(7-3-10)8-5-15/h10,16H,1-4,6-9H2. The molecule has 0 atom stereocenters. The van der Waals surface area contributed by atoms with Crippen molar-refractivity contribution in [3.63, 3.8) is 0 Å². The molecule has 0 amide bonds. The number of halogens is 3. The Kier molecular flexibility index (Phi) is 6.23. The third-order valence-electron chi connectivity index (χ3n) is 3.10. The van der Waals surface area contributed by atoms with Gasteiger partial charge in [0, 0.05) is 25.6 Å². The van der Waals surface area contributed by atoms with Crippen LogP contribution in [0.3, 0.4) is 0 Å². The first-order valence-electron chi connectivity index (χ1n) is 6.38. The van der Waals surface area contributed by atoms with E-state index in [-0.39, 0.29) is 6.04 Å². The molecule has 1 saturated heterocycles. The zero-order chi connectivity index (χ0) is 15.2. The lowest BCUT2D eigenvalue weighted by Crippen LogP contribution is -2.45. The summed E-state index contributed by atoms with van der Waals surface area (Å²) < 4.78 is 61.6. The Balaban J connectivity index is 2.31. The molecule has 20 heavy (non-hydrogen) atoms. The molecule has 0 aromatic carbocycles. The number of nitriles is 1. The van der Waals surface area contributed by atoms with Crippen LogP contribution in [0, 0.1) is 11.3 Å². The van der Waals surface area contributed by atoms with Crippen LogP contribution >= 0.6 is 0 Å². The number of hydrogen-bond acceptors (Lipinski definition) is 4. The lowest BCUT2D eigenvalue weighted by molar-refractivity contribution is -0.134. The maximum absolute atomic E-state index is 12.0. The Morgan fingerprint density at radius 3 is 2.40 bits per heavy atom. The fourth-order valence-corrected chi connectivity index (χ4v) is 3.47. The van der Waals surface area contributed by atoms with Crippen LogP contribution in [0.1, 0.15) is 25.7 Å². The van der Waals surface area contributed by atoms with E-state index < -0.39 is 34.8 Å². The summed E-state index contributed by atoms with van der Waals surface area (Å²) in [6, 6.07) is 1.77. The van der Waals surface area contributed by atoms with Crippen molar-refractivity contribution in [2.45, 2.75) is 37.9 Å². The van der Waals surface area contributed by atoms with Crippen molar-refractivity contribution < 1.29 is 21.6 Å². The highest BCUT2D eigenvalue weighted by molar-refractivity contribution is 7.89. The summed E-state index contributed by atoms with van der Waals surface area (Å²) in [6.07, 6.45) is -4.70. The maximum atomic E-state index is 12.0. The van der Waals surface area contributed by atoms with E-state index in [2.05, 4.69) is 4.72 Å². The average molecular weight is 313 g/mol. The Bertz CT molecular complexity index is 437. The van der Waals surface area contributed by atoms with E-state index in [9.17, 15) is 21.6 Å². The Labute approximate surface area is 116 Å². The van der Waals surface area contributed by atoms with E-state index in [0.717, 1.165) is 0 Å². The minimum absolute atomic E-state index is 0.249. The monoisotopic (exact) mass is 313 g/mol. The van der Waals surface area contributed by atoms with Gasteiger partial charge in [-0.1, -0.05) is 0 Å². The molecule has 116 valence electrons. The van der Waals surface area contributed by atoms with E-state index >= 15 is 0 Å². The van der Waals surface area contributed by atoms with E-state index in [1.807, 2.05) is 11.0 Å². The van der Waals surface area contributed by atoms with Crippen LogP contribution in [0.15, 0.2) is 0 Å². The van der Waals surface area contributed by atoms with Gasteiger partial charge in [-0.2, -0.15) is 18.4 Å². The highest BCUT2D eigenvalue weighted by Crippen LogP contribution is 2.21. The van der Waals surface area contributed by atoms with Gasteiger partial charge in [0.05, 0.1) is 18.4 Å². The molecule has 1 N–H and O–H groups in total. The fourth-order valence-electron chi connectivity index (χ4n) is 2.08. The average Bonchev–Trinajstić information content (AvgIpc) is 2.29. The number of likely N-dealkylation sites (tertiary alicyclic amines) is 1. The summed E-state index contributed by atoms with van der Waals surface area (Å²) in [6.45, 7) is 1.54. The van der Waals surface area contributed by atoms with Crippen molar-refractivity contribution in [1.29, 1.82) is 5.26 Å². The zero-order valence-corrected chi connectivity index (χ0v) is 11.8. The Morgan fingerprint density at radius 1 is 1.30 bits per heavy atom. The molecule has 0 aliphatic carbocycles. The van der Waals surface area contributed by atoms with Crippen LogP contribution in [0.5, 0.6) is 0 Å². The molecular weight excluding hydrogens is 295 g/mol. The lowest BCUT2D eigenvalue weighted by atomic mass is 10.1. The summed E-state index contributed by atoms with van der Waals surface area (Å²) in [5.74, 6) is -0.509. The molecule has 0 aromatic heterocycles. The summed E-state index contributed by atoms with van der Waals surface area (Å²) in [4.78, 5) is 1.91. The van der Waals surface area contributed by atoms with Crippen molar-refractivity contribution in [3.05, 3.63) is 0 Å². The number of hydrogen-bond donors (Lipinski definition) is 1. The molecule has 0 saturated carbocycles. The van der Waals surface area contributed by atoms with Crippen molar-refractivity contribution >= 4 is 10.0 Å². The van der Waals surface area contributed by atoms with Gasteiger partial charge in [0.15, 0.2) is 0 Å². The third-order valence-corrected chi connectivity index (χ3v) is 4.62. The highest BCUT2D eigenvalue weighted by Gasteiger charge is 2.28. The van der Waals surface area contributed by atoms with E-state index in [4.69, 9.17) is 5.26 Å². The van der Waals surface area contributed by atoms with E-state index in [1.165, 1.54) is 0 Å². The quantitative estimate of drug-likeness (QED) is 0.749. The number of sulfonamides is 1. The predicted octanol–water partition coefficient (Wildman–Crippen LogP) is 1.24. The van der Waals surface area contributed by atoms with Crippen LogP contribution in [0.25, 0.3) is 0 Å². The predicted molar refractivity (Wildman–Crippen MR) is 67.3 cm³/mol. The SMILES string of the molecule is N#CCN1CCC(NS(=O)(=O)CCCC(F)(F)F)CC1. The molecule has 1 aliphatic rings. The lowest BCUT2D eigenvalue weighted by Gasteiger charge is -2.30. The second-order valence-corrected chi connectivity index (χ2v) is 6.74. The molecule has 0 radical (unpaired) electrons. The second-order valence-electron chi connectivity index (χ2n) is 4.86. The van der Waals surface area contributed by atoms with Crippen LogP contribution in [-0.2, 0) is 10.0 Å². The minimum atomic E-state index is -4.32. The number of alkyl halides is 3. The number of piperidine rings is 1. The number of rotatable bonds is 6. The largest absolute Gasteiger partial charge is 0.389 e. The van der Waals surface area contributed by atoms with Gasteiger partial charge >= 0.3 is 6.18 Å². The van der Waals surface area contributed by atoms with Gasteiger partial charge in [-0.05, 0) is 19.3 Å². The molecule has 1 aliphatic heterocycles. The van der Waals surface area contributed by atoms with E-state index in [0.29, 0.717) is 32.5 Å². The third kappa shape index (κ3) is 7.07. The molecule has 1 fully saturated rings. The molecule has 1 heterocycles. The van der Waals surface area contributed by atoms with Gasteiger partial charge in [0.1, 0.15) is 0 Å². The molecule has 0 aromatic rings. The number of nitrogens with one attached hydrogen (secondary N) is 1. The first-order valence-corrected chi connectivity index (χ1v) is 8.03. The zero-order valence-electron chi connectivity index (χ0n) is 11.0. The topological polar surface area (TPSA) is 73.2 Å². The van der Waals surface area contributed by atoms with Gasteiger partial charge in [0.25, 0.3) is 0 Å². The normalized spacial score (nSPS) is 18.9.